The van der Waals surface area contributed by atoms with Crippen molar-refractivity contribution in [1.29, 1.82) is 0 Å². The molecule has 3 aromatic carbocycles. The van der Waals surface area contributed by atoms with Crippen molar-refractivity contribution in [2.45, 2.75) is 12.8 Å². The summed E-state index contributed by atoms with van der Waals surface area (Å²) in [7, 11) is 1.91. The molecule has 8 heteroatoms. The number of aromatic nitrogens is 4. The van der Waals surface area contributed by atoms with Crippen LogP contribution in [0, 0.1) is 10.1 Å². The summed E-state index contributed by atoms with van der Waals surface area (Å²) in [6, 6.07) is 21.6. The summed E-state index contributed by atoms with van der Waals surface area (Å²) >= 11 is 0. The third-order valence-corrected chi connectivity index (χ3v) is 5.91. The Hall–Kier alpha value is -4.72. The van der Waals surface area contributed by atoms with Gasteiger partial charge in [0.2, 0.25) is 0 Å². The van der Waals surface area contributed by atoms with Crippen LogP contribution in [0.5, 0.6) is 0 Å². The number of aryl methyl sites for hydroxylation is 1. The Kier molecular flexibility index (Phi) is 5.85. The van der Waals surface area contributed by atoms with Crippen molar-refractivity contribution in [2.24, 2.45) is 7.05 Å². The molecular weight excluding hydrogens is 442 g/mol. The Labute approximate surface area is 201 Å². The minimum absolute atomic E-state index is 0.0343. The largest absolute Gasteiger partial charge is 0.294 e. The van der Waals surface area contributed by atoms with Crippen LogP contribution in [-0.2, 0) is 19.9 Å². The van der Waals surface area contributed by atoms with E-state index < -0.39 is 4.92 Å². The first kappa shape index (κ1) is 22.1. The molecule has 35 heavy (non-hydrogen) atoms. The van der Waals surface area contributed by atoms with Gasteiger partial charge < -0.3 is 0 Å². The van der Waals surface area contributed by atoms with Gasteiger partial charge in [-0.25, -0.2) is 9.97 Å². The quantitative estimate of drug-likeness (QED) is 0.192. The molecule has 0 bridgehead atoms. The molecule has 2 aromatic heterocycles. The number of nitrogens with zero attached hydrogens (tertiary/aromatic N) is 5. The van der Waals surface area contributed by atoms with E-state index >= 15 is 0 Å². The van der Waals surface area contributed by atoms with Gasteiger partial charge >= 0.3 is 0 Å². The second kappa shape index (κ2) is 9.26. The SMILES string of the molecule is Cn1ncc2ccc(-c3cc(Cc4cccc(CC(=O)c5ccc([N+](=O)[O-])cc5)c4)ncn3)cc21. The van der Waals surface area contributed by atoms with E-state index in [2.05, 4.69) is 21.1 Å². The van der Waals surface area contributed by atoms with Crippen molar-refractivity contribution in [2.75, 3.05) is 0 Å². The fraction of sp³-hybridized carbons (Fsp3) is 0.111. The van der Waals surface area contributed by atoms with Crippen LogP contribution in [0.4, 0.5) is 5.69 Å². The summed E-state index contributed by atoms with van der Waals surface area (Å²) in [6.07, 6.45) is 4.22. The first-order valence-electron chi connectivity index (χ1n) is 11.0. The van der Waals surface area contributed by atoms with E-state index in [-0.39, 0.29) is 17.9 Å². The predicted molar refractivity (Wildman–Crippen MR) is 132 cm³/mol. The molecule has 5 rings (SSSR count). The molecule has 0 spiro atoms. The molecule has 0 aliphatic carbocycles. The number of benzene rings is 3. The highest BCUT2D eigenvalue weighted by atomic mass is 16.6. The fourth-order valence-corrected chi connectivity index (χ4v) is 4.07. The van der Waals surface area contributed by atoms with Gasteiger partial charge in [-0.3, -0.25) is 19.6 Å². The van der Waals surface area contributed by atoms with Gasteiger partial charge in [0.05, 0.1) is 22.3 Å². The number of hydrogen-bond donors (Lipinski definition) is 0. The van der Waals surface area contributed by atoms with E-state index in [1.54, 1.807) is 6.33 Å². The minimum atomic E-state index is -0.479. The molecule has 0 aliphatic heterocycles. The van der Waals surface area contributed by atoms with E-state index in [1.165, 1.54) is 24.3 Å². The number of nitro groups is 1. The zero-order chi connectivity index (χ0) is 24.4. The lowest BCUT2D eigenvalue weighted by Gasteiger charge is -2.07. The third-order valence-electron chi connectivity index (χ3n) is 5.91. The average molecular weight is 463 g/mol. The van der Waals surface area contributed by atoms with Crippen molar-refractivity contribution >= 4 is 22.4 Å². The second-order valence-corrected chi connectivity index (χ2v) is 8.34. The molecule has 5 aromatic rings. The number of rotatable bonds is 7. The predicted octanol–water partition coefficient (Wildman–Crippen LogP) is 4.95. The monoisotopic (exact) mass is 463 g/mol. The maximum Gasteiger partial charge on any atom is 0.269 e. The van der Waals surface area contributed by atoms with Gasteiger partial charge in [0.25, 0.3) is 5.69 Å². The Bertz CT molecular complexity index is 1560. The van der Waals surface area contributed by atoms with Crippen molar-refractivity contribution in [3.05, 3.63) is 118 Å². The number of carbonyl (C=O) groups excluding carboxylic acids is 1. The summed E-state index contributed by atoms with van der Waals surface area (Å²) < 4.78 is 1.84. The molecular formula is C27H21N5O3. The molecule has 0 saturated heterocycles. The van der Waals surface area contributed by atoms with Gasteiger partial charge in [0, 0.05) is 54.2 Å². The fourth-order valence-electron chi connectivity index (χ4n) is 4.07. The number of Topliss-reactive ketones (excluding diaryl/α,β-unsaturated/α-hetero) is 1. The van der Waals surface area contributed by atoms with Gasteiger partial charge in [-0.05, 0) is 35.4 Å². The molecule has 0 amide bonds. The normalized spacial score (nSPS) is 11.0. The lowest BCUT2D eigenvalue weighted by Crippen LogP contribution is -2.04. The van der Waals surface area contributed by atoms with Crippen LogP contribution < -0.4 is 0 Å². The number of ketones is 1. The standard InChI is InChI=1S/C27H21N5O3/c1-31-26-14-21(5-6-22(26)16-30-31)25-15-23(28-17-29-25)12-18-3-2-4-19(11-18)13-27(33)20-7-9-24(10-8-20)32(34)35/h2-11,14-17H,12-13H2,1H3. The Morgan fingerprint density at radius 3 is 2.57 bits per heavy atom. The summed E-state index contributed by atoms with van der Waals surface area (Å²) in [5, 5.41) is 16.2. The molecule has 172 valence electrons. The van der Waals surface area contributed by atoms with Gasteiger partial charge in [0.15, 0.2) is 5.78 Å². The second-order valence-electron chi connectivity index (χ2n) is 8.34. The highest BCUT2D eigenvalue weighted by Gasteiger charge is 2.11. The van der Waals surface area contributed by atoms with E-state index in [9.17, 15) is 14.9 Å². The van der Waals surface area contributed by atoms with Crippen molar-refractivity contribution in [3.8, 4) is 11.3 Å². The molecule has 8 nitrogen and oxygen atoms in total. The Morgan fingerprint density at radius 2 is 1.77 bits per heavy atom. The molecule has 0 fully saturated rings. The Morgan fingerprint density at radius 1 is 0.971 bits per heavy atom. The third kappa shape index (κ3) is 4.81. The molecule has 0 unspecified atom stereocenters. The van der Waals surface area contributed by atoms with Crippen LogP contribution in [0.2, 0.25) is 0 Å². The van der Waals surface area contributed by atoms with E-state index in [4.69, 9.17) is 0 Å². The molecule has 0 N–H and O–H groups in total. The summed E-state index contributed by atoms with van der Waals surface area (Å²) in [4.78, 5) is 31.9. The number of hydrogen-bond acceptors (Lipinski definition) is 6. The van der Waals surface area contributed by atoms with Crippen LogP contribution in [0.1, 0.15) is 27.2 Å². The smallest absolute Gasteiger partial charge is 0.269 e. The summed E-state index contributed by atoms with van der Waals surface area (Å²) in [5.74, 6) is -0.0908. The van der Waals surface area contributed by atoms with Crippen LogP contribution in [0.25, 0.3) is 22.2 Å². The van der Waals surface area contributed by atoms with E-state index in [0.29, 0.717) is 12.0 Å². The van der Waals surface area contributed by atoms with Crippen LogP contribution in [-0.4, -0.2) is 30.5 Å². The van der Waals surface area contributed by atoms with Gasteiger partial charge in [-0.1, -0.05) is 36.4 Å². The molecule has 0 atom stereocenters. The maximum absolute atomic E-state index is 12.7. The lowest BCUT2D eigenvalue weighted by molar-refractivity contribution is -0.384. The Balaban J connectivity index is 1.32. The van der Waals surface area contributed by atoms with Gasteiger partial charge in [-0.2, -0.15) is 5.10 Å². The highest BCUT2D eigenvalue weighted by Crippen LogP contribution is 2.23. The zero-order valence-corrected chi connectivity index (χ0v) is 19.0. The van der Waals surface area contributed by atoms with Crippen LogP contribution >= 0.6 is 0 Å². The maximum atomic E-state index is 12.7. The van der Waals surface area contributed by atoms with Crippen molar-refractivity contribution in [3.63, 3.8) is 0 Å². The van der Waals surface area contributed by atoms with Crippen LogP contribution in [0.3, 0.4) is 0 Å². The number of non-ortho nitro benzene ring substituents is 1. The number of carbonyl (C=O) groups is 1. The first-order chi connectivity index (χ1) is 17.0. The van der Waals surface area contributed by atoms with E-state index in [0.717, 1.165) is 39.0 Å². The van der Waals surface area contributed by atoms with Gasteiger partial charge in [0.1, 0.15) is 6.33 Å². The van der Waals surface area contributed by atoms with Crippen molar-refractivity contribution < 1.29 is 9.72 Å². The molecule has 0 saturated carbocycles. The molecule has 0 radical (unpaired) electrons. The van der Waals surface area contributed by atoms with Crippen LogP contribution in [0.15, 0.2) is 85.3 Å². The topological polar surface area (TPSA) is 104 Å². The minimum Gasteiger partial charge on any atom is -0.294 e. The lowest BCUT2D eigenvalue weighted by atomic mass is 9.99. The van der Waals surface area contributed by atoms with E-state index in [1.807, 2.05) is 60.4 Å². The number of nitro benzene ring substituents is 1. The molecule has 0 aliphatic rings. The summed E-state index contributed by atoms with van der Waals surface area (Å²) in [6.45, 7) is 0. The zero-order valence-electron chi connectivity index (χ0n) is 19.0. The highest BCUT2D eigenvalue weighted by molar-refractivity contribution is 5.97. The van der Waals surface area contributed by atoms with Gasteiger partial charge in [-0.15, -0.1) is 0 Å². The molecule has 2 heterocycles. The average Bonchev–Trinajstić information content (AvgIpc) is 3.24. The summed E-state index contributed by atoms with van der Waals surface area (Å²) in [5.41, 5.74) is 6.06. The first-order valence-corrected chi connectivity index (χ1v) is 11.0. The van der Waals surface area contributed by atoms with Crippen molar-refractivity contribution in [1.82, 2.24) is 19.7 Å². The number of fused-ring (bicyclic) bond motifs is 1.